The first-order chi connectivity index (χ1) is 9.08. The lowest BCUT2D eigenvalue weighted by molar-refractivity contribution is -0.149. The number of nitrogens with zero attached hydrogens (tertiary/aromatic N) is 1. The first-order valence-corrected chi connectivity index (χ1v) is 5.45. The molecular weight excluding hydrogens is 252 g/mol. The van der Waals surface area contributed by atoms with Crippen LogP contribution in [0, 0.1) is 0 Å². The zero-order chi connectivity index (χ0) is 14.3. The summed E-state index contributed by atoms with van der Waals surface area (Å²) in [5, 5.41) is 2.37. The molecule has 0 fully saturated rings. The van der Waals surface area contributed by atoms with Gasteiger partial charge in [-0.3, -0.25) is 14.6 Å². The summed E-state index contributed by atoms with van der Waals surface area (Å²) in [6.07, 6.45) is 1.14. The van der Waals surface area contributed by atoms with Crippen LogP contribution in [-0.2, 0) is 19.1 Å². The molecule has 0 aromatic carbocycles. The summed E-state index contributed by atoms with van der Waals surface area (Å²) < 4.78 is 8.96. The fourth-order valence-electron chi connectivity index (χ4n) is 1.31. The molecule has 7 nitrogen and oxygen atoms in total. The number of carbonyl (C=O) groups is 3. The molecule has 0 aliphatic heterocycles. The van der Waals surface area contributed by atoms with Gasteiger partial charge in [0.2, 0.25) is 0 Å². The summed E-state index contributed by atoms with van der Waals surface area (Å²) in [7, 11) is 2.36. The van der Waals surface area contributed by atoms with E-state index in [0.717, 1.165) is 0 Å². The highest BCUT2D eigenvalue weighted by molar-refractivity contribution is 5.96. The van der Waals surface area contributed by atoms with Crippen molar-refractivity contribution in [2.75, 3.05) is 14.2 Å². The van der Waals surface area contributed by atoms with Crippen LogP contribution in [0.2, 0.25) is 0 Å². The van der Waals surface area contributed by atoms with E-state index in [-0.39, 0.29) is 12.1 Å². The Labute approximate surface area is 109 Å². The molecule has 102 valence electrons. The molecule has 1 rings (SSSR count). The Bertz CT molecular complexity index is 460. The molecule has 7 heteroatoms. The highest BCUT2D eigenvalue weighted by Crippen LogP contribution is 2.00. The van der Waals surface area contributed by atoms with Crippen molar-refractivity contribution in [2.24, 2.45) is 0 Å². The fraction of sp³-hybridized carbons (Fsp3) is 0.333. The molecule has 1 atom stereocenters. The molecule has 1 aromatic rings. The van der Waals surface area contributed by atoms with Crippen molar-refractivity contribution < 1.29 is 23.9 Å². The van der Waals surface area contributed by atoms with Gasteiger partial charge in [-0.1, -0.05) is 6.07 Å². The highest BCUT2D eigenvalue weighted by atomic mass is 16.5. The van der Waals surface area contributed by atoms with Crippen LogP contribution in [0.15, 0.2) is 24.4 Å². The maximum atomic E-state index is 11.8. The fourth-order valence-corrected chi connectivity index (χ4v) is 1.31. The first-order valence-electron chi connectivity index (χ1n) is 5.45. The van der Waals surface area contributed by atoms with E-state index in [1.165, 1.54) is 26.5 Å². The lowest BCUT2D eigenvalue weighted by atomic mass is 10.2. The Morgan fingerprint density at radius 2 is 2.00 bits per heavy atom. The summed E-state index contributed by atoms with van der Waals surface area (Å²) >= 11 is 0. The monoisotopic (exact) mass is 266 g/mol. The number of aromatic nitrogens is 1. The van der Waals surface area contributed by atoms with Crippen LogP contribution < -0.4 is 5.32 Å². The van der Waals surface area contributed by atoms with Crippen LogP contribution in [0.1, 0.15) is 16.9 Å². The smallest absolute Gasteiger partial charge is 0.328 e. The topological polar surface area (TPSA) is 94.6 Å². The lowest BCUT2D eigenvalue weighted by Crippen LogP contribution is -2.43. The molecule has 0 aliphatic rings. The van der Waals surface area contributed by atoms with E-state index in [1.54, 1.807) is 12.1 Å². The van der Waals surface area contributed by atoms with E-state index in [1.807, 2.05) is 0 Å². The number of esters is 2. The molecule has 0 saturated carbocycles. The van der Waals surface area contributed by atoms with Gasteiger partial charge in [0.05, 0.1) is 20.6 Å². The number of amides is 1. The van der Waals surface area contributed by atoms with E-state index in [0.29, 0.717) is 0 Å². The van der Waals surface area contributed by atoms with E-state index in [9.17, 15) is 14.4 Å². The minimum atomic E-state index is -1.10. The van der Waals surface area contributed by atoms with Crippen molar-refractivity contribution in [3.8, 4) is 0 Å². The summed E-state index contributed by atoms with van der Waals surface area (Å²) in [5.74, 6) is -1.92. The first kappa shape index (κ1) is 14.6. The van der Waals surface area contributed by atoms with Crippen molar-refractivity contribution in [2.45, 2.75) is 12.5 Å². The molecule has 19 heavy (non-hydrogen) atoms. The average Bonchev–Trinajstić information content (AvgIpc) is 2.46. The van der Waals surface area contributed by atoms with Gasteiger partial charge in [-0.2, -0.15) is 0 Å². The van der Waals surface area contributed by atoms with Gasteiger partial charge in [-0.25, -0.2) is 4.79 Å². The number of hydrogen-bond acceptors (Lipinski definition) is 6. The molecule has 1 heterocycles. The third-order valence-electron chi connectivity index (χ3n) is 2.29. The molecule has 1 N–H and O–H groups in total. The van der Waals surface area contributed by atoms with Crippen molar-refractivity contribution in [3.05, 3.63) is 30.1 Å². The summed E-state index contributed by atoms with van der Waals surface area (Å²) in [5.41, 5.74) is 0.140. The van der Waals surface area contributed by atoms with Crippen LogP contribution in [0.5, 0.6) is 0 Å². The van der Waals surface area contributed by atoms with Crippen molar-refractivity contribution in [1.29, 1.82) is 0 Å². The predicted octanol–water partition coefficient (Wildman–Crippen LogP) is -0.0839. The standard InChI is InChI=1S/C12H14N2O5/c1-18-10(15)7-9(12(17)19-2)14-11(16)8-5-3-4-6-13-8/h3-6,9H,7H2,1-2H3,(H,14,16)/t9-/m0/s1. The number of rotatable bonds is 5. The van der Waals surface area contributed by atoms with Crippen molar-refractivity contribution in [1.82, 2.24) is 10.3 Å². The van der Waals surface area contributed by atoms with E-state index in [4.69, 9.17) is 0 Å². The minimum absolute atomic E-state index is 0.140. The van der Waals surface area contributed by atoms with Gasteiger partial charge in [-0.05, 0) is 12.1 Å². The summed E-state index contributed by atoms with van der Waals surface area (Å²) in [6, 6.07) is 3.67. The van der Waals surface area contributed by atoms with E-state index >= 15 is 0 Å². The molecular formula is C12H14N2O5. The lowest BCUT2D eigenvalue weighted by Gasteiger charge is -2.14. The largest absolute Gasteiger partial charge is 0.469 e. The molecule has 0 aliphatic carbocycles. The third kappa shape index (κ3) is 4.38. The second-order valence-corrected chi connectivity index (χ2v) is 3.54. The SMILES string of the molecule is COC(=O)C[C@H](NC(=O)c1ccccn1)C(=O)OC. The quantitative estimate of drug-likeness (QED) is 0.749. The second-order valence-electron chi connectivity index (χ2n) is 3.54. The van der Waals surface area contributed by atoms with Crippen LogP contribution in [0.4, 0.5) is 0 Å². The number of carbonyl (C=O) groups excluding carboxylic acids is 3. The van der Waals surface area contributed by atoms with Crippen LogP contribution in [-0.4, -0.2) is 43.1 Å². The van der Waals surface area contributed by atoms with Crippen LogP contribution in [0.3, 0.4) is 0 Å². The summed E-state index contributed by atoms with van der Waals surface area (Å²) in [4.78, 5) is 38.3. The zero-order valence-electron chi connectivity index (χ0n) is 10.6. The van der Waals surface area contributed by atoms with Gasteiger partial charge in [0, 0.05) is 6.20 Å². The Morgan fingerprint density at radius 1 is 1.26 bits per heavy atom. The van der Waals surface area contributed by atoms with E-state index < -0.39 is 23.9 Å². The van der Waals surface area contributed by atoms with Crippen LogP contribution >= 0.6 is 0 Å². The molecule has 0 unspecified atom stereocenters. The number of hydrogen-bond donors (Lipinski definition) is 1. The second kappa shape index (κ2) is 7.10. The normalized spacial score (nSPS) is 11.3. The van der Waals surface area contributed by atoms with Gasteiger partial charge in [0.25, 0.3) is 5.91 Å². The van der Waals surface area contributed by atoms with Gasteiger partial charge in [0.15, 0.2) is 0 Å². The molecule has 1 amide bonds. The predicted molar refractivity (Wildman–Crippen MR) is 64.1 cm³/mol. The molecule has 0 saturated heterocycles. The molecule has 1 aromatic heterocycles. The van der Waals surface area contributed by atoms with Crippen LogP contribution in [0.25, 0.3) is 0 Å². The van der Waals surface area contributed by atoms with Gasteiger partial charge in [-0.15, -0.1) is 0 Å². The highest BCUT2D eigenvalue weighted by Gasteiger charge is 2.25. The summed E-state index contributed by atoms with van der Waals surface area (Å²) in [6.45, 7) is 0. The number of nitrogens with one attached hydrogen (secondary N) is 1. The average molecular weight is 266 g/mol. The molecule has 0 radical (unpaired) electrons. The van der Waals surface area contributed by atoms with E-state index in [2.05, 4.69) is 19.8 Å². The maximum absolute atomic E-state index is 11.8. The Hall–Kier alpha value is -2.44. The number of methoxy groups -OCH3 is 2. The maximum Gasteiger partial charge on any atom is 0.328 e. The molecule has 0 bridgehead atoms. The Kier molecular flexibility index (Phi) is 5.46. The van der Waals surface area contributed by atoms with Crippen molar-refractivity contribution >= 4 is 17.8 Å². The number of pyridine rings is 1. The third-order valence-corrected chi connectivity index (χ3v) is 2.29. The van der Waals surface area contributed by atoms with Crippen molar-refractivity contribution in [3.63, 3.8) is 0 Å². The van der Waals surface area contributed by atoms with Gasteiger partial charge in [0.1, 0.15) is 11.7 Å². The Morgan fingerprint density at radius 3 is 2.53 bits per heavy atom. The minimum Gasteiger partial charge on any atom is -0.469 e. The molecule has 0 spiro atoms. The number of ether oxygens (including phenoxy) is 2. The van der Waals surface area contributed by atoms with Gasteiger partial charge < -0.3 is 14.8 Å². The van der Waals surface area contributed by atoms with Gasteiger partial charge >= 0.3 is 11.9 Å². The zero-order valence-corrected chi connectivity index (χ0v) is 10.6. The Balaban J connectivity index is 2.74.